The fraction of sp³-hybridized carbons (Fsp3) is 0.600. The average molecular weight is 1840 g/mol. The van der Waals surface area contributed by atoms with Crippen molar-refractivity contribution < 1.29 is 117 Å². The van der Waals surface area contributed by atoms with Gasteiger partial charge in [0.2, 0.25) is 6.10 Å². The minimum Gasteiger partial charge on any atom is -0.486 e. The van der Waals surface area contributed by atoms with Crippen molar-refractivity contribution in [2.75, 3.05) is 81.0 Å². The Morgan fingerprint density at radius 1 is 0.473 bits per heavy atom. The predicted molar refractivity (Wildman–Crippen MR) is 469 cm³/mol. The molecule has 722 valence electrons. The minimum absolute atomic E-state index is 0. The summed E-state index contributed by atoms with van der Waals surface area (Å²) in [5.74, 6) is -2.54. The molecule has 4 unspecified atom stereocenters. The molecule has 0 saturated carbocycles. The third-order valence-electron chi connectivity index (χ3n) is 17.6. The van der Waals surface area contributed by atoms with Crippen molar-refractivity contribution in [3.8, 4) is 35.6 Å². The number of methoxy groups -OCH3 is 4. The van der Waals surface area contributed by atoms with Crippen molar-refractivity contribution in [2.45, 2.75) is 255 Å². The lowest BCUT2D eigenvalue weighted by Crippen LogP contribution is -2.52. The number of ketones is 4. The van der Waals surface area contributed by atoms with Crippen LogP contribution in [0.1, 0.15) is 185 Å². The molecule has 44 heteroatoms. The number of pyridine rings is 1. The smallest absolute Gasteiger partial charge is 0.423 e. The van der Waals surface area contributed by atoms with Gasteiger partial charge in [-0.3, -0.25) is 68.1 Å². The van der Waals surface area contributed by atoms with Crippen molar-refractivity contribution in [2.24, 2.45) is 42.9 Å². The molecule has 4 rings (SSSR count). The lowest BCUT2D eigenvalue weighted by atomic mass is 10.0. The van der Waals surface area contributed by atoms with Gasteiger partial charge in [0.25, 0.3) is 29.5 Å². The first kappa shape index (κ1) is 123. The maximum atomic E-state index is 12.8. The monoisotopic (exact) mass is 1840 g/mol. The number of hydrogen-bond donors (Lipinski definition) is 8. The van der Waals surface area contributed by atoms with Crippen LogP contribution in [0.25, 0.3) is 0 Å². The fourth-order valence-corrected chi connectivity index (χ4v) is 9.44. The maximum absolute atomic E-state index is 12.8. The number of Topliss-reactive ketones (excluding diaryl/α,β-unsaturated/α-hetero) is 4. The van der Waals surface area contributed by atoms with Crippen LogP contribution in [0.3, 0.4) is 0 Å². The highest BCUT2D eigenvalue weighted by molar-refractivity contribution is 5.97. The topological polar surface area (TPSA) is 574 Å². The average Bonchev–Trinajstić information content (AvgIpc) is 1.20. The molecule has 1 aromatic carbocycles. The van der Waals surface area contributed by atoms with Crippen LogP contribution < -0.4 is 58.4 Å². The predicted octanol–water partition coefficient (Wildman–Crippen LogP) is 8.67. The van der Waals surface area contributed by atoms with E-state index in [4.69, 9.17) is 76.6 Å². The summed E-state index contributed by atoms with van der Waals surface area (Å²) in [4.78, 5) is 140. The van der Waals surface area contributed by atoms with E-state index in [1.807, 2.05) is 32.1 Å². The minimum atomic E-state index is -5.80. The van der Waals surface area contributed by atoms with Crippen molar-refractivity contribution in [3.63, 3.8) is 0 Å². The quantitative estimate of drug-likeness (QED) is 0.00673. The van der Waals surface area contributed by atoms with Gasteiger partial charge in [-0.25, -0.2) is 9.97 Å². The summed E-state index contributed by atoms with van der Waals surface area (Å²) < 4.78 is 127. The third kappa shape index (κ3) is 51.4. The number of hydrogen-bond acceptors (Lipinski definition) is 30. The molecule has 0 radical (unpaired) electrons. The third-order valence-corrected chi connectivity index (χ3v) is 17.6. The SMILES string of the molecule is C.C.C.C.COC(C)(C)C(=O)NC(CCCN=C(N)CC#N)C(=O)COc1cc(C)nc(C)c1.COC(C)(C)C(=O)NC(CCCN=C(N)CC#N)C(=O)COc1ccon1.COC(C)(C)C(=O)NC(CCCN=C(N)CC#N)C(=O)COc1cnc(C)nc1.COC(C)(C)C(=O)NC(CCCN=C(N)CC(=O)OCc1ccccc1)C(=O)COC(C(F)(F)F)C(F)(F)F. The van der Waals surface area contributed by atoms with E-state index in [1.54, 1.807) is 90.9 Å². The Morgan fingerprint density at radius 2 is 0.798 bits per heavy atom. The number of nitriles is 3. The molecule has 3 aromatic heterocycles. The van der Waals surface area contributed by atoms with Gasteiger partial charge in [-0.2, -0.15) is 42.1 Å². The number of aryl methyl sites for hydroxylation is 3. The second-order valence-electron chi connectivity index (χ2n) is 29.2. The number of aliphatic imine (C=N–C) groups is 4. The second-order valence-corrected chi connectivity index (χ2v) is 29.2. The van der Waals surface area contributed by atoms with Gasteiger partial charge in [0.1, 0.15) is 96.4 Å². The van der Waals surface area contributed by atoms with Crippen molar-refractivity contribution >= 4 is 76.1 Å². The Hall–Kier alpha value is -12.2. The molecule has 12 N–H and O–H groups in total. The highest BCUT2D eigenvalue weighted by Crippen LogP contribution is 2.36. The zero-order chi connectivity index (χ0) is 94.7. The molecule has 4 aromatic rings. The number of amides is 4. The molecule has 0 aliphatic rings. The van der Waals surface area contributed by atoms with Crippen LogP contribution in [0.4, 0.5) is 26.3 Å². The summed E-state index contributed by atoms with van der Waals surface area (Å²) in [7, 11) is 5.46. The van der Waals surface area contributed by atoms with Gasteiger partial charge in [-0.15, -0.1) is 0 Å². The van der Waals surface area contributed by atoms with Gasteiger partial charge in [0, 0.05) is 84.2 Å². The first-order valence-electron chi connectivity index (χ1n) is 38.8. The van der Waals surface area contributed by atoms with E-state index in [0.29, 0.717) is 75.5 Å². The summed E-state index contributed by atoms with van der Waals surface area (Å²) in [6.45, 7) is 16.5. The number of carbonyl (C=O) groups is 9. The van der Waals surface area contributed by atoms with Crippen LogP contribution in [0.15, 0.2) is 91.7 Å². The molecule has 0 aliphatic heterocycles. The van der Waals surface area contributed by atoms with E-state index in [9.17, 15) is 69.5 Å². The molecule has 0 saturated heterocycles. The molecular formula is C85H131F6N19O19. The number of esters is 1. The number of nitrogens with one attached hydrogen (secondary N) is 4. The molecule has 129 heavy (non-hydrogen) atoms. The highest BCUT2D eigenvalue weighted by Gasteiger charge is 2.58. The Labute approximate surface area is 751 Å². The first-order valence-corrected chi connectivity index (χ1v) is 38.8. The number of ether oxygens (including phenoxy) is 9. The van der Waals surface area contributed by atoms with Crippen LogP contribution in [-0.2, 0) is 78.2 Å². The van der Waals surface area contributed by atoms with E-state index in [2.05, 4.69) is 70.6 Å². The largest absolute Gasteiger partial charge is 0.486 e. The number of nitrogens with two attached hydrogens (primary N) is 4. The van der Waals surface area contributed by atoms with Crippen LogP contribution in [0, 0.1) is 54.8 Å². The molecule has 0 bridgehead atoms. The van der Waals surface area contributed by atoms with Crippen LogP contribution >= 0.6 is 0 Å². The lowest BCUT2D eigenvalue weighted by molar-refractivity contribution is -0.319. The summed E-state index contributed by atoms with van der Waals surface area (Å²) >= 11 is 0. The van der Waals surface area contributed by atoms with Gasteiger partial charge < -0.3 is 91.4 Å². The van der Waals surface area contributed by atoms with Crippen LogP contribution in [0.5, 0.6) is 17.4 Å². The van der Waals surface area contributed by atoms with Crippen molar-refractivity contribution in [3.05, 3.63) is 90.0 Å². The van der Waals surface area contributed by atoms with Crippen LogP contribution in [-0.4, -0.2) is 242 Å². The molecule has 0 spiro atoms. The highest BCUT2D eigenvalue weighted by atomic mass is 19.4. The molecular weight excluding hydrogens is 1710 g/mol. The lowest BCUT2D eigenvalue weighted by Gasteiger charge is -2.27. The zero-order valence-electron chi connectivity index (χ0n) is 72.8. The van der Waals surface area contributed by atoms with Gasteiger partial charge >= 0.3 is 18.3 Å². The normalized spacial score (nSPS) is 12.7. The van der Waals surface area contributed by atoms with E-state index >= 15 is 0 Å². The first-order chi connectivity index (χ1) is 58.5. The molecule has 3 heterocycles. The Bertz CT molecular complexity index is 4290. The van der Waals surface area contributed by atoms with E-state index in [0.717, 1.165) is 17.0 Å². The number of aromatic nitrogens is 4. The van der Waals surface area contributed by atoms with Gasteiger partial charge in [-0.05, 0) is 138 Å². The van der Waals surface area contributed by atoms with Gasteiger partial charge in [-0.1, -0.05) is 60.0 Å². The number of carbonyl (C=O) groups excluding carboxylic acids is 9. The number of alkyl halides is 6. The molecule has 38 nitrogen and oxygen atoms in total. The van der Waals surface area contributed by atoms with E-state index < -0.39 is 107 Å². The summed E-state index contributed by atoms with van der Waals surface area (Å²) in [6.07, 6.45) is -9.40. The number of nitrogens with zero attached hydrogens (tertiary/aromatic N) is 11. The molecule has 0 aliphatic carbocycles. The number of rotatable bonds is 51. The number of benzene rings is 1. The van der Waals surface area contributed by atoms with Crippen LogP contribution in [0.2, 0.25) is 0 Å². The molecule has 4 atom stereocenters. The summed E-state index contributed by atoms with van der Waals surface area (Å²) in [5, 5.41) is 39.7. The molecule has 0 fully saturated rings. The molecule has 4 amide bonds. The maximum Gasteiger partial charge on any atom is 0.423 e. The Kier molecular flexibility index (Phi) is 60.0. The number of amidine groups is 4. The van der Waals surface area contributed by atoms with Crippen molar-refractivity contribution in [1.29, 1.82) is 15.8 Å². The second kappa shape index (κ2) is 62.9. The Morgan fingerprint density at radius 3 is 1.12 bits per heavy atom. The Balaban J connectivity index is -0.000000807. The van der Waals surface area contributed by atoms with E-state index in [1.165, 1.54) is 67.0 Å². The van der Waals surface area contributed by atoms with Gasteiger partial charge in [0.15, 0.2) is 35.5 Å². The van der Waals surface area contributed by atoms with Crippen molar-refractivity contribution in [1.82, 2.24) is 41.4 Å². The zero-order valence-corrected chi connectivity index (χ0v) is 72.8. The van der Waals surface area contributed by atoms with E-state index in [-0.39, 0.29) is 148 Å². The summed E-state index contributed by atoms with van der Waals surface area (Å²) in [5.41, 5.74) is 20.1. The standard InChI is InChI=1S/C24H31F6N3O6.C21H31N5O4.C19H28N6O4.C17H25N5O5.4CH4/c1-22(2,37-3)21(36)33-16(17(34)14-39-20(23(25,26)27)24(28,29)30)10-7-11-32-18(31)12-19(35)38-13-15-8-5-4-6-9-15;1-14-11-16(12-15(2)25-14)30-13-18(27)17(26-20(28)21(3,4)29-5)7-6-10-24-19(23)8-9-22;1-13-23-10-14(11-24-13)29-12-16(26)15(25-18(27)19(2,3)28-4)6-5-9-22-17(21)7-8-20;1-17(2,25-3)16(24)21-12(5-4-9-20-14(19)6-8-18)13(23)11-26-15-7-10-27-22-15;;;;/h4-6,8-9,16,20H,7,10-14H2,1-3H3,(H2,31,32)(H,33,36);11-12,17H,6-8,10,13H2,1-5H3,(H2,23,24)(H,26,28);10-11,15H,5-7,9,12H2,1-4H3,(H2,21,22)(H,25,27);7,10,12H,4-6,9,11H2,1-3H3,(H2,19,20)(H,21,24);4*1H4. The summed E-state index contributed by atoms with van der Waals surface area (Å²) in [6, 6.07) is 15.7. The van der Waals surface area contributed by atoms with Gasteiger partial charge in [0.05, 0.1) is 74.0 Å². The fourth-order valence-electron chi connectivity index (χ4n) is 9.44. The number of halogens is 6.